The molecule has 0 amide bonds. The van der Waals surface area contributed by atoms with Crippen LogP contribution in [0.4, 0.5) is 0 Å². The van der Waals surface area contributed by atoms with Crippen LogP contribution in [0.2, 0.25) is 0 Å². The molecule has 5 heteroatoms. The van der Waals surface area contributed by atoms with E-state index in [2.05, 4.69) is 16.2 Å². The third-order valence-electron chi connectivity index (χ3n) is 2.61. The quantitative estimate of drug-likeness (QED) is 0.728. The minimum Gasteiger partial charge on any atom is -0.298 e. The fourth-order valence-corrected chi connectivity index (χ4v) is 1.54. The Morgan fingerprint density at radius 1 is 1.41 bits per heavy atom. The normalized spacial score (nSPS) is 9.94. The van der Waals surface area contributed by atoms with Crippen LogP contribution in [0.3, 0.4) is 0 Å². The highest BCUT2D eigenvalue weighted by atomic mass is 16.1. The van der Waals surface area contributed by atoms with Crippen molar-refractivity contribution in [3.63, 3.8) is 0 Å². The molecule has 0 aliphatic heterocycles. The molecule has 0 saturated carbocycles. The Hall–Kier alpha value is -2.48. The average molecular weight is 226 g/mol. The van der Waals surface area contributed by atoms with E-state index in [4.69, 9.17) is 5.26 Å². The Balaban J connectivity index is 2.54. The molecule has 2 aromatic heterocycles. The second-order valence-electron chi connectivity index (χ2n) is 3.68. The first kappa shape index (κ1) is 11.0. The summed E-state index contributed by atoms with van der Waals surface area (Å²) in [5, 5.41) is 12.9. The number of aldehydes is 1. The third-order valence-corrected chi connectivity index (χ3v) is 2.61. The molecule has 0 aromatic carbocycles. The van der Waals surface area contributed by atoms with Crippen molar-refractivity contribution in [1.29, 1.82) is 5.26 Å². The molecule has 2 rings (SSSR count). The zero-order chi connectivity index (χ0) is 12.4. The van der Waals surface area contributed by atoms with Gasteiger partial charge in [-0.1, -0.05) is 0 Å². The van der Waals surface area contributed by atoms with Crippen LogP contribution in [0, 0.1) is 25.2 Å². The van der Waals surface area contributed by atoms with Crippen molar-refractivity contribution in [2.24, 2.45) is 0 Å². The van der Waals surface area contributed by atoms with Crippen LogP contribution in [0.15, 0.2) is 18.5 Å². The smallest absolute Gasteiger partial charge is 0.153 e. The van der Waals surface area contributed by atoms with Gasteiger partial charge in [-0.3, -0.25) is 4.79 Å². The lowest BCUT2D eigenvalue weighted by Crippen LogP contribution is -2.03. The molecule has 5 nitrogen and oxygen atoms in total. The molecule has 0 unspecified atom stereocenters. The van der Waals surface area contributed by atoms with Crippen LogP contribution < -0.4 is 0 Å². The zero-order valence-electron chi connectivity index (χ0n) is 9.51. The molecule has 0 bridgehead atoms. The molecule has 0 aliphatic rings. The van der Waals surface area contributed by atoms with Crippen molar-refractivity contribution in [2.75, 3.05) is 0 Å². The van der Waals surface area contributed by atoms with Crippen LogP contribution in [-0.4, -0.2) is 21.1 Å². The molecule has 2 heterocycles. The van der Waals surface area contributed by atoms with E-state index in [0.29, 0.717) is 16.9 Å². The number of hydrogen-bond acceptors (Lipinski definition) is 4. The maximum absolute atomic E-state index is 10.7. The summed E-state index contributed by atoms with van der Waals surface area (Å²) < 4.78 is 1.58. The third kappa shape index (κ3) is 1.81. The highest BCUT2D eigenvalue weighted by Crippen LogP contribution is 2.14. The van der Waals surface area contributed by atoms with Gasteiger partial charge >= 0.3 is 0 Å². The minimum absolute atomic E-state index is 0.536. The van der Waals surface area contributed by atoms with Crippen LogP contribution in [0.5, 0.6) is 0 Å². The summed E-state index contributed by atoms with van der Waals surface area (Å²) in [5.74, 6) is 0.604. The molecule has 0 atom stereocenters. The number of rotatable bonds is 2. The lowest BCUT2D eigenvalue weighted by molar-refractivity contribution is 0.112. The van der Waals surface area contributed by atoms with Crippen molar-refractivity contribution >= 4 is 6.29 Å². The van der Waals surface area contributed by atoms with Crippen LogP contribution in [-0.2, 0) is 0 Å². The molecule has 0 N–H and O–H groups in total. The largest absolute Gasteiger partial charge is 0.298 e. The lowest BCUT2D eigenvalue weighted by atomic mass is 10.2. The topological polar surface area (TPSA) is 71.6 Å². The summed E-state index contributed by atoms with van der Waals surface area (Å²) in [6.45, 7) is 3.63. The Kier molecular flexibility index (Phi) is 2.71. The summed E-state index contributed by atoms with van der Waals surface area (Å²) >= 11 is 0. The van der Waals surface area contributed by atoms with Crippen molar-refractivity contribution in [3.8, 4) is 11.9 Å². The van der Waals surface area contributed by atoms with Gasteiger partial charge in [-0.05, 0) is 25.5 Å². The summed E-state index contributed by atoms with van der Waals surface area (Å²) in [7, 11) is 0. The van der Waals surface area contributed by atoms with Gasteiger partial charge < -0.3 is 0 Å². The summed E-state index contributed by atoms with van der Waals surface area (Å²) in [6, 6.07) is 3.83. The first-order valence-electron chi connectivity index (χ1n) is 5.04. The molecule has 2 aromatic rings. The summed E-state index contributed by atoms with van der Waals surface area (Å²) in [5.41, 5.74) is 2.64. The first-order valence-corrected chi connectivity index (χ1v) is 5.04. The first-order chi connectivity index (χ1) is 8.17. The van der Waals surface area contributed by atoms with Gasteiger partial charge in [0.15, 0.2) is 12.1 Å². The predicted octanol–water partition coefficient (Wildman–Crippen LogP) is 1.57. The van der Waals surface area contributed by atoms with Gasteiger partial charge in [0.1, 0.15) is 6.07 Å². The maximum atomic E-state index is 10.7. The summed E-state index contributed by atoms with van der Waals surface area (Å²) in [4.78, 5) is 14.9. The molecular weight excluding hydrogens is 216 g/mol. The number of aromatic nitrogens is 3. The molecule has 0 radical (unpaired) electrons. The van der Waals surface area contributed by atoms with Gasteiger partial charge in [0, 0.05) is 6.20 Å². The standard InChI is InChI=1S/C12H10N4O/c1-8-3-12(14-5-10(8)4-13)16-9(2)11(7-17)6-15-16/h3,5-7H,1-2H3. The number of nitriles is 1. The Labute approximate surface area is 98.3 Å². The van der Waals surface area contributed by atoms with E-state index in [9.17, 15) is 4.79 Å². The van der Waals surface area contributed by atoms with E-state index in [-0.39, 0.29) is 0 Å². The Bertz CT molecular complexity index is 622. The minimum atomic E-state index is 0.536. The monoisotopic (exact) mass is 226 g/mol. The van der Waals surface area contributed by atoms with Gasteiger partial charge in [-0.2, -0.15) is 10.4 Å². The highest BCUT2D eigenvalue weighted by molar-refractivity contribution is 5.76. The van der Waals surface area contributed by atoms with Crippen molar-refractivity contribution in [1.82, 2.24) is 14.8 Å². The molecule has 17 heavy (non-hydrogen) atoms. The van der Waals surface area contributed by atoms with E-state index >= 15 is 0 Å². The molecule has 0 saturated heterocycles. The number of nitrogens with zero attached hydrogens (tertiary/aromatic N) is 4. The van der Waals surface area contributed by atoms with Crippen LogP contribution in [0.1, 0.15) is 27.2 Å². The molecule has 84 valence electrons. The highest BCUT2D eigenvalue weighted by Gasteiger charge is 2.09. The van der Waals surface area contributed by atoms with Gasteiger partial charge in [-0.15, -0.1) is 0 Å². The van der Waals surface area contributed by atoms with Gasteiger partial charge in [0.25, 0.3) is 0 Å². The van der Waals surface area contributed by atoms with Gasteiger partial charge in [-0.25, -0.2) is 9.67 Å². The lowest BCUT2D eigenvalue weighted by Gasteiger charge is -2.05. The van der Waals surface area contributed by atoms with Crippen LogP contribution in [0.25, 0.3) is 5.82 Å². The second-order valence-corrected chi connectivity index (χ2v) is 3.68. The van der Waals surface area contributed by atoms with Gasteiger partial charge in [0.05, 0.1) is 23.0 Å². The summed E-state index contributed by atoms with van der Waals surface area (Å²) in [6.07, 6.45) is 3.76. The second kappa shape index (κ2) is 4.18. The van der Waals surface area contributed by atoms with Crippen LogP contribution >= 0.6 is 0 Å². The van der Waals surface area contributed by atoms with E-state index in [1.165, 1.54) is 12.4 Å². The van der Waals surface area contributed by atoms with E-state index in [1.54, 1.807) is 17.7 Å². The fraction of sp³-hybridized carbons (Fsp3) is 0.167. The van der Waals surface area contributed by atoms with Crippen molar-refractivity contribution in [2.45, 2.75) is 13.8 Å². The average Bonchev–Trinajstić information content (AvgIpc) is 2.70. The van der Waals surface area contributed by atoms with E-state index < -0.39 is 0 Å². The Morgan fingerprint density at radius 2 is 2.18 bits per heavy atom. The predicted molar refractivity (Wildman–Crippen MR) is 60.9 cm³/mol. The number of hydrogen-bond donors (Lipinski definition) is 0. The van der Waals surface area contributed by atoms with Crippen molar-refractivity contribution < 1.29 is 4.79 Å². The number of carbonyl (C=O) groups excluding carboxylic acids is 1. The van der Waals surface area contributed by atoms with E-state index in [1.807, 2.05) is 6.92 Å². The van der Waals surface area contributed by atoms with E-state index in [0.717, 1.165) is 17.5 Å². The Morgan fingerprint density at radius 3 is 2.71 bits per heavy atom. The molecule has 0 spiro atoms. The fourth-order valence-electron chi connectivity index (χ4n) is 1.54. The molecular formula is C12H10N4O. The molecule has 0 fully saturated rings. The SMILES string of the molecule is Cc1cc(-n2ncc(C=O)c2C)ncc1C#N. The maximum Gasteiger partial charge on any atom is 0.153 e. The van der Waals surface area contributed by atoms with Gasteiger partial charge in [0.2, 0.25) is 0 Å². The zero-order valence-corrected chi connectivity index (χ0v) is 9.51. The number of pyridine rings is 1. The van der Waals surface area contributed by atoms with Crippen molar-refractivity contribution in [3.05, 3.63) is 40.8 Å². The molecule has 0 aliphatic carbocycles. The number of aryl methyl sites for hydroxylation is 1. The number of carbonyl (C=O) groups is 1.